The third-order valence-corrected chi connectivity index (χ3v) is 1.68. The minimum Gasteiger partial charge on any atom is -0.309 e. The van der Waals surface area contributed by atoms with Crippen LogP contribution in [-0.2, 0) is 0 Å². The summed E-state index contributed by atoms with van der Waals surface area (Å²) in [5.41, 5.74) is 0.958. The van der Waals surface area contributed by atoms with Crippen molar-refractivity contribution in [3.63, 3.8) is 0 Å². The van der Waals surface area contributed by atoms with E-state index in [0.29, 0.717) is 5.92 Å². The number of nitrogens with one attached hydrogen (secondary N) is 1. The molecule has 1 saturated carbocycles. The maximum atomic E-state index is 7.25. The second-order valence-electron chi connectivity index (χ2n) is 2.32. The zero-order valence-corrected chi connectivity index (χ0v) is 4.70. The van der Waals surface area contributed by atoms with E-state index in [2.05, 4.69) is 6.92 Å². The van der Waals surface area contributed by atoms with Crippen molar-refractivity contribution in [2.45, 2.75) is 26.2 Å². The zero-order valence-electron chi connectivity index (χ0n) is 4.70. The molecule has 1 aliphatic carbocycles. The first-order chi connectivity index (χ1) is 3.30. The summed E-state index contributed by atoms with van der Waals surface area (Å²) in [6.45, 7) is 2.13. The highest BCUT2D eigenvalue weighted by Crippen LogP contribution is 2.19. The zero-order chi connectivity index (χ0) is 5.28. The third-order valence-electron chi connectivity index (χ3n) is 1.68. The molecule has 1 fully saturated rings. The Labute approximate surface area is 44.2 Å². The summed E-state index contributed by atoms with van der Waals surface area (Å²) in [4.78, 5) is 0. The molecule has 0 saturated heterocycles. The Hall–Kier alpha value is -0.330. The molecule has 0 radical (unpaired) electrons. The SMILES string of the molecule is C[C@@H]1CCCC1=N. The van der Waals surface area contributed by atoms with Crippen LogP contribution in [0, 0.1) is 11.3 Å². The van der Waals surface area contributed by atoms with Crippen molar-refractivity contribution >= 4 is 5.71 Å². The lowest BCUT2D eigenvalue weighted by Gasteiger charge is -1.95. The van der Waals surface area contributed by atoms with Crippen molar-refractivity contribution in [1.82, 2.24) is 0 Å². The van der Waals surface area contributed by atoms with Crippen LogP contribution in [0.15, 0.2) is 0 Å². The van der Waals surface area contributed by atoms with Crippen molar-refractivity contribution in [2.24, 2.45) is 5.92 Å². The van der Waals surface area contributed by atoms with Gasteiger partial charge in [0, 0.05) is 5.71 Å². The lowest BCUT2D eigenvalue weighted by atomic mass is 10.1. The van der Waals surface area contributed by atoms with Crippen molar-refractivity contribution in [3.05, 3.63) is 0 Å². The molecule has 40 valence electrons. The van der Waals surface area contributed by atoms with Gasteiger partial charge in [0.05, 0.1) is 0 Å². The lowest BCUT2D eigenvalue weighted by Crippen LogP contribution is -1.97. The maximum Gasteiger partial charge on any atom is 0.0117 e. The van der Waals surface area contributed by atoms with Crippen LogP contribution < -0.4 is 0 Å². The molecule has 7 heavy (non-hydrogen) atoms. The van der Waals surface area contributed by atoms with Crippen LogP contribution in [0.3, 0.4) is 0 Å². The topological polar surface area (TPSA) is 23.9 Å². The summed E-state index contributed by atoms with van der Waals surface area (Å²) in [6, 6.07) is 0. The van der Waals surface area contributed by atoms with E-state index in [1.165, 1.54) is 12.8 Å². The molecule has 1 rings (SSSR count). The van der Waals surface area contributed by atoms with E-state index in [0.717, 1.165) is 12.1 Å². The molecule has 1 N–H and O–H groups in total. The minimum absolute atomic E-state index is 0.597. The average Bonchev–Trinajstić information content (AvgIpc) is 1.91. The Bertz CT molecular complexity index is 86.2. The Morgan fingerprint density at radius 2 is 2.43 bits per heavy atom. The standard InChI is InChI=1S/C6H11N/c1-5-3-2-4-6(5)7/h5,7H,2-4H2,1H3/t5-/m1/s1. The number of hydrogen-bond acceptors (Lipinski definition) is 1. The second kappa shape index (κ2) is 1.65. The summed E-state index contributed by atoms with van der Waals surface area (Å²) in [5.74, 6) is 0.597. The van der Waals surface area contributed by atoms with Crippen molar-refractivity contribution in [1.29, 1.82) is 5.41 Å². The maximum absolute atomic E-state index is 7.25. The molecule has 0 spiro atoms. The van der Waals surface area contributed by atoms with E-state index >= 15 is 0 Å². The van der Waals surface area contributed by atoms with E-state index in [-0.39, 0.29) is 0 Å². The van der Waals surface area contributed by atoms with Crippen LogP contribution in [0.2, 0.25) is 0 Å². The van der Waals surface area contributed by atoms with Gasteiger partial charge >= 0.3 is 0 Å². The highest BCUT2D eigenvalue weighted by Gasteiger charge is 2.14. The first kappa shape index (κ1) is 4.82. The van der Waals surface area contributed by atoms with Gasteiger partial charge in [-0.1, -0.05) is 6.92 Å². The fourth-order valence-electron chi connectivity index (χ4n) is 1.02. The van der Waals surface area contributed by atoms with Crippen molar-refractivity contribution in [3.8, 4) is 0 Å². The van der Waals surface area contributed by atoms with Gasteiger partial charge in [-0.25, -0.2) is 0 Å². The average molecular weight is 97.2 g/mol. The van der Waals surface area contributed by atoms with Gasteiger partial charge in [0.25, 0.3) is 0 Å². The van der Waals surface area contributed by atoms with Gasteiger partial charge in [0.1, 0.15) is 0 Å². The highest BCUT2D eigenvalue weighted by molar-refractivity contribution is 5.85. The predicted molar refractivity (Wildman–Crippen MR) is 30.7 cm³/mol. The first-order valence-electron chi connectivity index (χ1n) is 2.88. The molecule has 0 aromatic heterocycles. The Morgan fingerprint density at radius 3 is 2.57 bits per heavy atom. The smallest absolute Gasteiger partial charge is 0.0117 e. The first-order valence-corrected chi connectivity index (χ1v) is 2.88. The van der Waals surface area contributed by atoms with Crippen LogP contribution in [0.4, 0.5) is 0 Å². The van der Waals surface area contributed by atoms with Gasteiger partial charge < -0.3 is 5.41 Å². The summed E-state index contributed by atoms with van der Waals surface area (Å²) >= 11 is 0. The summed E-state index contributed by atoms with van der Waals surface area (Å²) in [7, 11) is 0. The predicted octanol–water partition coefficient (Wildman–Crippen LogP) is 1.83. The molecule has 0 unspecified atom stereocenters. The summed E-state index contributed by atoms with van der Waals surface area (Å²) < 4.78 is 0. The fraction of sp³-hybridized carbons (Fsp3) is 0.833. The van der Waals surface area contributed by atoms with Crippen LogP contribution >= 0.6 is 0 Å². The van der Waals surface area contributed by atoms with E-state index in [4.69, 9.17) is 5.41 Å². The quantitative estimate of drug-likeness (QED) is 0.477. The molecule has 1 aliphatic rings. The van der Waals surface area contributed by atoms with Gasteiger partial charge in [-0.05, 0) is 25.2 Å². The molecule has 0 bridgehead atoms. The van der Waals surface area contributed by atoms with E-state index < -0.39 is 0 Å². The highest BCUT2D eigenvalue weighted by atomic mass is 14.5. The van der Waals surface area contributed by atoms with Crippen LogP contribution in [0.1, 0.15) is 26.2 Å². The van der Waals surface area contributed by atoms with Crippen LogP contribution in [0.5, 0.6) is 0 Å². The third kappa shape index (κ3) is 0.817. The number of rotatable bonds is 0. The molecule has 0 heterocycles. The molecule has 0 aromatic rings. The van der Waals surface area contributed by atoms with Gasteiger partial charge in [-0.2, -0.15) is 0 Å². The molecule has 1 heteroatoms. The molecule has 1 nitrogen and oxygen atoms in total. The van der Waals surface area contributed by atoms with E-state index in [1.807, 2.05) is 0 Å². The van der Waals surface area contributed by atoms with E-state index in [1.54, 1.807) is 0 Å². The minimum atomic E-state index is 0.597. The summed E-state index contributed by atoms with van der Waals surface area (Å²) in [6.07, 6.45) is 3.56. The molecule has 0 amide bonds. The van der Waals surface area contributed by atoms with Crippen molar-refractivity contribution < 1.29 is 0 Å². The lowest BCUT2D eigenvalue weighted by molar-refractivity contribution is 0.727. The Balaban J connectivity index is 2.48. The van der Waals surface area contributed by atoms with E-state index in [9.17, 15) is 0 Å². The molecule has 0 aliphatic heterocycles. The van der Waals surface area contributed by atoms with Gasteiger partial charge in [0.2, 0.25) is 0 Å². The van der Waals surface area contributed by atoms with Crippen LogP contribution in [0.25, 0.3) is 0 Å². The molecule has 0 aromatic carbocycles. The molecule has 1 atom stereocenters. The Morgan fingerprint density at radius 1 is 1.71 bits per heavy atom. The van der Waals surface area contributed by atoms with Crippen LogP contribution in [-0.4, -0.2) is 5.71 Å². The van der Waals surface area contributed by atoms with Gasteiger partial charge in [0.15, 0.2) is 0 Å². The van der Waals surface area contributed by atoms with Crippen molar-refractivity contribution in [2.75, 3.05) is 0 Å². The number of hydrogen-bond donors (Lipinski definition) is 1. The summed E-state index contributed by atoms with van der Waals surface area (Å²) in [5, 5.41) is 7.25. The monoisotopic (exact) mass is 97.1 g/mol. The second-order valence-corrected chi connectivity index (χ2v) is 2.32. The van der Waals surface area contributed by atoms with Gasteiger partial charge in [-0.15, -0.1) is 0 Å². The molecular formula is C6H11N. The molecular weight excluding hydrogens is 86.1 g/mol. The van der Waals surface area contributed by atoms with Gasteiger partial charge in [-0.3, -0.25) is 0 Å². The fourth-order valence-corrected chi connectivity index (χ4v) is 1.02. The normalized spacial score (nSPS) is 31.6. The largest absolute Gasteiger partial charge is 0.309 e. The Kier molecular flexibility index (Phi) is 1.13.